The van der Waals surface area contributed by atoms with Gasteiger partial charge in [-0.3, -0.25) is 9.59 Å². The lowest BCUT2D eigenvalue weighted by atomic mass is 10.2. The van der Waals surface area contributed by atoms with E-state index in [0.717, 1.165) is 6.42 Å². The second-order valence-corrected chi connectivity index (χ2v) is 6.20. The van der Waals surface area contributed by atoms with Crippen LogP contribution >= 0.6 is 0 Å². The molecule has 0 bridgehead atoms. The van der Waals surface area contributed by atoms with Crippen LogP contribution in [-0.4, -0.2) is 54.1 Å². The normalized spacial score (nSPS) is 18.3. The van der Waals surface area contributed by atoms with E-state index >= 15 is 0 Å². The average molecular weight is 299 g/mol. The monoisotopic (exact) mass is 299 g/mol. The van der Waals surface area contributed by atoms with Crippen LogP contribution in [0.2, 0.25) is 0 Å². The fourth-order valence-electron chi connectivity index (χ4n) is 2.14. The van der Waals surface area contributed by atoms with Crippen LogP contribution in [0.15, 0.2) is 0 Å². The van der Waals surface area contributed by atoms with E-state index in [4.69, 9.17) is 4.74 Å². The molecule has 1 atom stereocenters. The molecule has 0 saturated carbocycles. The lowest BCUT2D eigenvalue weighted by Crippen LogP contribution is -2.39. The molecule has 3 amide bonds. The predicted molar refractivity (Wildman–Crippen MR) is 77.7 cm³/mol. The summed E-state index contributed by atoms with van der Waals surface area (Å²) >= 11 is 0. The SMILES string of the molecule is CC(=O)NC1CCN(C(=O)CCNC(=O)OC(C)(C)C)C1. The molecule has 7 heteroatoms. The molecule has 2 N–H and O–H groups in total. The van der Waals surface area contributed by atoms with Crippen molar-refractivity contribution in [1.82, 2.24) is 15.5 Å². The highest BCUT2D eigenvalue weighted by Crippen LogP contribution is 2.10. The van der Waals surface area contributed by atoms with Gasteiger partial charge in [-0.15, -0.1) is 0 Å². The summed E-state index contributed by atoms with van der Waals surface area (Å²) in [5.41, 5.74) is -0.547. The lowest BCUT2D eigenvalue weighted by molar-refractivity contribution is -0.130. The van der Waals surface area contributed by atoms with E-state index < -0.39 is 11.7 Å². The number of hydrogen-bond donors (Lipinski definition) is 2. The first-order valence-corrected chi connectivity index (χ1v) is 7.19. The maximum Gasteiger partial charge on any atom is 0.407 e. The number of rotatable bonds is 4. The van der Waals surface area contributed by atoms with Crippen LogP contribution in [0.3, 0.4) is 0 Å². The summed E-state index contributed by atoms with van der Waals surface area (Å²) in [6.45, 7) is 8.23. The minimum atomic E-state index is -0.547. The number of amides is 3. The molecule has 21 heavy (non-hydrogen) atoms. The van der Waals surface area contributed by atoms with Crippen LogP contribution in [0.4, 0.5) is 4.79 Å². The Balaban J connectivity index is 2.23. The third-order valence-electron chi connectivity index (χ3n) is 2.96. The zero-order chi connectivity index (χ0) is 16.0. The number of hydrogen-bond acceptors (Lipinski definition) is 4. The molecule has 1 fully saturated rings. The Morgan fingerprint density at radius 1 is 1.29 bits per heavy atom. The van der Waals surface area contributed by atoms with Crippen LogP contribution in [0.25, 0.3) is 0 Å². The van der Waals surface area contributed by atoms with Gasteiger partial charge in [0.2, 0.25) is 11.8 Å². The van der Waals surface area contributed by atoms with Crippen molar-refractivity contribution in [3.63, 3.8) is 0 Å². The molecule has 0 radical (unpaired) electrons. The van der Waals surface area contributed by atoms with Gasteiger partial charge in [-0.2, -0.15) is 0 Å². The summed E-state index contributed by atoms with van der Waals surface area (Å²) in [5.74, 6) is -0.111. The highest BCUT2D eigenvalue weighted by atomic mass is 16.6. The van der Waals surface area contributed by atoms with Gasteiger partial charge >= 0.3 is 6.09 Å². The third kappa shape index (κ3) is 6.97. The fraction of sp³-hybridized carbons (Fsp3) is 0.786. The summed E-state index contributed by atoms with van der Waals surface area (Å²) in [6.07, 6.45) is 0.476. The molecule has 1 unspecified atom stereocenters. The van der Waals surface area contributed by atoms with Crippen molar-refractivity contribution in [2.24, 2.45) is 0 Å². The van der Waals surface area contributed by atoms with Crippen molar-refractivity contribution >= 4 is 17.9 Å². The number of carbonyl (C=O) groups excluding carboxylic acids is 3. The maximum atomic E-state index is 12.0. The van der Waals surface area contributed by atoms with Gasteiger partial charge in [0, 0.05) is 39.0 Å². The second-order valence-electron chi connectivity index (χ2n) is 6.20. The van der Waals surface area contributed by atoms with Gasteiger partial charge in [-0.05, 0) is 27.2 Å². The van der Waals surface area contributed by atoms with E-state index in [1.807, 2.05) is 0 Å². The van der Waals surface area contributed by atoms with Gasteiger partial charge in [0.15, 0.2) is 0 Å². The van der Waals surface area contributed by atoms with Crippen LogP contribution < -0.4 is 10.6 Å². The van der Waals surface area contributed by atoms with Gasteiger partial charge < -0.3 is 20.3 Å². The topological polar surface area (TPSA) is 87.7 Å². The van der Waals surface area contributed by atoms with Crippen molar-refractivity contribution in [2.45, 2.75) is 52.2 Å². The number of nitrogens with zero attached hydrogens (tertiary/aromatic N) is 1. The minimum Gasteiger partial charge on any atom is -0.444 e. The first kappa shape index (κ1) is 17.3. The summed E-state index contributed by atoms with van der Waals surface area (Å²) in [4.78, 5) is 36.1. The maximum absolute atomic E-state index is 12.0. The Kier molecular flexibility index (Phi) is 5.99. The zero-order valence-corrected chi connectivity index (χ0v) is 13.2. The van der Waals surface area contributed by atoms with E-state index in [1.165, 1.54) is 6.92 Å². The quantitative estimate of drug-likeness (QED) is 0.797. The summed E-state index contributed by atoms with van der Waals surface area (Å²) in [6, 6.07) is 0.0327. The molecule has 0 spiro atoms. The Bertz CT molecular complexity index is 404. The molecule has 7 nitrogen and oxygen atoms in total. The predicted octanol–water partition coefficient (Wildman–Crippen LogP) is 0.638. The molecule has 1 aliphatic heterocycles. The van der Waals surface area contributed by atoms with E-state index in [9.17, 15) is 14.4 Å². The van der Waals surface area contributed by atoms with Gasteiger partial charge in [0.1, 0.15) is 5.60 Å². The molecule has 0 aromatic rings. The first-order valence-electron chi connectivity index (χ1n) is 7.19. The van der Waals surface area contributed by atoms with Crippen molar-refractivity contribution in [2.75, 3.05) is 19.6 Å². The van der Waals surface area contributed by atoms with Crippen molar-refractivity contribution in [1.29, 1.82) is 0 Å². The second kappa shape index (κ2) is 7.28. The van der Waals surface area contributed by atoms with Gasteiger partial charge in [0.05, 0.1) is 0 Å². The molecule has 1 aliphatic rings. The largest absolute Gasteiger partial charge is 0.444 e. The van der Waals surface area contributed by atoms with Gasteiger partial charge in [-0.1, -0.05) is 0 Å². The van der Waals surface area contributed by atoms with E-state index in [1.54, 1.807) is 25.7 Å². The molecular formula is C14H25N3O4. The van der Waals surface area contributed by atoms with Crippen LogP contribution in [0, 0.1) is 0 Å². The molecular weight excluding hydrogens is 274 g/mol. The molecule has 120 valence electrons. The molecule has 1 rings (SSSR count). The number of alkyl carbamates (subject to hydrolysis) is 1. The Morgan fingerprint density at radius 3 is 2.52 bits per heavy atom. The molecule has 0 aromatic heterocycles. The molecule has 1 heterocycles. The number of ether oxygens (including phenoxy) is 1. The summed E-state index contributed by atoms with van der Waals surface area (Å²) in [5, 5.41) is 5.36. The Hall–Kier alpha value is -1.79. The molecule has 0 aliphatic carbocycles. The van der Waals surface area contributed by atoms with Crippen LogP contribution in [-0.2, 0) is 14.3 Å². The lowest BCUT2D eigenvalue weighted by Gasteiger charge is -2.20. The highest BCUT2D eigenvalue weighted by molar-refractivity contribution is 5.78. The van der Waals surface area contributed by atoms with E-state index in [-0.39, 0.29) is 30.8 Å². The number of nitrogens with one attached hydrogen (secondary N) is 2. The standard InChI is InChI=1S/C14H25N3O4/c1-10(18)16-11-6-8-17(9-11)12(19)5-7-15-13(20)21-14(2,3)4/h11H,5-9H2,1-4H3,(H,15,20)(H,16,18). The van der Waals surface area contributed by atoms with Gasteiger partial charge in [0.25, 0.3) is 0 Å². The Labute approximate surface area is 125 Å². The van der Waals surface area contributed by atoms with Crippen LogP contribution in [0.5, 0.6) is 0 Å². The first-order chi connectivity index (χ1) is 9.67. The minimum absolute atomic E-state index is 0.0288. The summed E-state index contributed by atoms with van der Waals surface area (Å²) in [7, 11) is 0. The van der Waals surface area contributed by atoms with Crippen molar-refractivity contribution < 1.29 is 19.1 Å². The molecule has 0 aromatic carbocycles. The fourth-order valence-corrected chi connectivity index (χ4v) is 2.14. The Morgan fingerprint density at radius 2 is 1.95 bits per heavy atom. The van der Waals surface area contributed by atoms with Crippen LogP contribution in [0.1, 0.15) is 40.5 Å². The summed E-state index contributed by atoms with van der Waals surface area (Å²) < 4.78 is 5.08. The number of carbonyl (C=O) groups is 3. The highest BCUT2D eigenvalue weighted by Gasteiger charge is 2.26. The van der Waals surface area contributed by atoms with E-state index in [0.29, 0.717) is 13.1 Å². The zero-order valence-electron chi connectivity index (χ0n) is 13.2. The third-order valence-corrected chi connectivity index (χ3v) is 2.96. The smallest absolute Gasteiger partial charge is 0.407 e. The van der Waals surface area contributed by atoms with E-state index in [2.05, 4.69) is 10.6 Å². The van der Waals surface area contributed by atoms with Crippen molar-refractivity contribution in [3.8, 4) is 0 Å². The molecule has 1 saturated heterocycles. The van der Waals surface area contributed by atoms with Gasteiger partial charge in [-0.25, -0.2) is 4.79 Å². The average Bonchev–Trinajstić information content (AvgIpc) is 2.73. The van der Waals surface area contributed by atoms with Crippen molar-refractivity contribution in [3.05, 3.63) is 0 Å². The number of likely N-dealkylation sites (tertiary alicyclic amines) is 1.